The SMILES string of the molecule is CCN1CCN(C(=O)CCNC(=O)c2cc([N+](=O)[O-])c(F)c(F)c2F)CC1. The van der Waals surface area contributed by atoms with Crippen molar-refractivity contribution in [2.24, 2.45) is 0 Å². The lowest BCUT2D eigenvalue weighted by Crippen LogP contribution is -2.49. The average Bonchev–Trinajstić information content (AvgIpc) is 2.65. The van der Waals surface area contributed by atoms with E-state index in [2.05, 4.69) is 10.2 Å². The van der Waals surface area contributed by atoms with E-state index in [0.717, 1.165) is 19.6 Å². The molecule has 27 heavy (non-hydrogen) atoms. The van der Waals surface area contributed by atoms with E-state index in [1.807, 2.05) is 6.92 Å². The Labute approximate surface area is 153 Å². The normalized spacial score (nSPS) is 14.9. The smallest absolute Gasteiger partial charge is 0.308 e. The maximum atomic E-state index is 13.7. The molecule has 0 atom stereocenters. The quantitative estimate of drug-likeness (QED) is 0.450. The number of nitrogens with zero attached hydrogens (tertiary/aromatic N) is 3. The number of hydrogen-bond acceptors (Lipinski definition) is 5. The Kier molecular flexibility index (Phi) is 6.72. The molecule has 2 rings (SSSR count). The second-order valence-corrected chi connectivity index (χ2v) is 5.96. The highest BCUT2D eigenvalue weighted by Gasteiger charge is 2.28. The summed E-state index contributed by atoms with van der Waals surface area (Å²) in [5.74, 6) is -7.27. The van der Waals surface area contributed by atoms with Crippen LogP contribution in [-0.2, 0) is 4.79 Å². The van der Waals surface area contributed by atoms with Gasteiger partial charge in [0, 0.05) is 45.2 Å². The Morgan fingerprint density at radius 3 is 2.33 bits per heavy atom. The zero-order valence-corrected chi connectivity index (χ0v) is 14.6. The van der Waals surface area contributed by atoms with Gasteiger partial charge < -0.3 is 15.1 Å². The molecule has 0 saturated carbocycles. The summed E-state index contributed by atoms with van der Waals surface area (Å²) >= 11 is 0. The van der Waals surface area contributed by atoms with Gasteiger partial charge in [-0.25, -0.2) is 8.78 Å². The van der Waals surface area contributed by atoms with Crippen LogP contribution >= 0.6 is 0 Å². The number of hydrogen-bond donors (Lipinski definition) is 1. The lowest BCUT2D eigenvalue weighted by Gasteiger charge is -2.34. The van der Waals surface area contributed by atoms with Crippen molar-refractivity contribution in [1.29, 1.82) is 0 Å². The summed E-state index contributed by atoms with van der Waals surface area (Å²) in [6, 6.07) is 0.328. The Morgan fingerprint density at radius 1 is 1.15 bits per heavy atom. The Morgan fingerprint density at radius 2 is 1.78 bits per heavy atom. The summed E-state index contributed by atoms with van der Waals surface area (Å²) in [5.41, 5.74) is -2.34. The lowest BCUT2D eigenvalue weighted by atomic mass is 10.1. The van der Waals surface area contributed by atoms with Crippen molar-refractivity contribution in [3.05, 3.63) is 39.2 Å². The van der Waals surface area contributed by atoms with Gasteiger partial charge in [-0.1, -0.05) is 6.92 Å². The number of nitrogens with one attached hydrogen (secondary N) is 1. The number of amides is 2. The summed E-state index contributed by atoms with van der Waals surface area (Å²) in [7, 11) is 0. The first-order valence-electron chi connectivity index (χ1n) is 8.36. The number of rotatable bonds is 6. The monoisotopic (exact) mass is 388 g/mol. The minimum Gasteiger partial charge on any atom is -0.351 e. The van der Waals surface area contributed by atoms with Gasteiger partial charge in [-0.2, -0.15) is 4.39 Å². The molecule has 1 N–H and O–H groups in total. The molecule has 0 unspecified atom stereocenters. The third-order valence-corrected chi connectivity index (χ3v) is 4.37. The molecule has 1 saturated heterocycles. The molecule has 1 heterocycles. The molecule has 148 valence electrons. The van der Waals surface area contributed by atoms with E-state index in [0.29, 0.717) is 19.2 Å². The Bertz CT molecular complexity index is 752. The minimum absolute atomic E-state index is 0.0642. The molecule has 8 nitrogen and oxygen atoms in total. The number of carbonyl (C=O) groups excluding carboxylic acids is 2. The molecule has 2 amide bonds. The van der Waals surface area contributed by atoms with Crippen molar-refractivity contribution in [3.8, 4) is 0 Å². The van der Waals surface area contributed by atoms with E-state index in [9.17, 15) is 32.9 Å². The van der Waals surface area contributed by atoms with Crippen molar-refractivity contribution in [1.82, 2.24) is 15.1 Å². The van der Waals surface area contributed by atoms with Crippen LogP contribution in [0.4, 0.5) is 18.9 Å². The van der Waals surface area contributed by atoms with Gasteiger partial charge in [-0.15, -0.1) is 0 Å². The molecule has 0 radical (unpaired) electrons. The number of piperazine rings is 1. The summed E-state index contributed by atoms with van der Waals surface area (Å²) in [4.78, 5) is 37.3. The van der Waals surface area contributed by atoms with Crippen LogP contribution in [0, 0.1) is 27.6 Å². The lowest BCUT2D eigenvalue weighted by molar-refractivity contribution is -0.387. The average molecular weight is 388 g/mol. The molecule has 0 spiro atoms. The number of carbonyl (C=O) groups is 2. The van der Waals surface area contributed by atoms with Crippen LogP contribution in [0.25, 0.3) is 0 Å². The van der Waals surface area contributed by atoms with Gasteiger partial charge in [0.15, 0.2) is 5.82 Å². The van der Waals surface area contributed by atoms with Gasteiger partial charge in [-0.05, 0) is 6.54 Å². The van der Waals surface area contributed by atoms with Gasteiger partial charge >= 0.3 is 5.69 Å². The van der Waals surface area contributed by atoms with Crippen molar-refractivity contribution in [2.75, 3.05) is 39.3 Å². The minimum atomic E-state index is -2.10. The third-order valence-electron chi connectivity index (χ3n) is 4.37. The molecule has 1 aliphatic heterocycles. The predicted molar refractivity (Wildman–Crippen MR) is 88.6 cm³/mol. The fourth-order valence-electron chi connectivity index (χ4n) is 2.74. The van der Waals surface area contributed by atoms with E-state index < -0.39 is 39.5 Å². The molecule has 1 aromatic carbocycles. The van der Waals surface area contributed by atoms with E-state index in [-0.39, 0.29) is 18.9 Å². The van der Waals surface area contributed by atoms with Crippen LogP contribution in [0.5, 0.6) is 0 Å². The molecular formula is C16H19F3N4O4. The first kappa shape index (κ1) is 20.6. The summed E-state index contributed by atoms with van der Waals surface area (Å²) in [6.07, 6.45) is -0.0642. The summed E-state index contributed by atoms with van der Waals surface area (Å²) < 4.78 is 40.5. The number of nitro groups is 1. The molecule has 11 heteroatoms. The number of likely N-dealkylation sites (N-methyl/N-ethyl adjacent to an activating group) is 1. The van der Waals surface area contributed by atoms with E-state index >= 15 is 0 Å². The molecule has 0 bridgehead atoms. The van der Waals surface area contributed by atoms with Crippen LogP contribution < -0.4 is 5.32 Å². The molecule has 0 aliphatic carbocycles. The molecular weight excluding hydrogens is 369 g/mol. The van der Waals surface area contributed by atoms with Gasteiger partial charge in [0.25, 0.3) is 5.91 Å². The van der Waals surface area contributed by atoms with Crippen molar-refractivity contribution in [3.63, 3.8) is 0 Å². The van der Waals surface area contributed by atoms with E-state index in [4.69, 9.17) is 0 Å². The molecule has 1 aliphatic rings. The van der Waals surface area contributed by atoms with Crippen LogP contribution in [0.3, 0.4) is 0 Å². The molecule has 1 fully saturated rings. The third kappa shape index (κ3) is 4.73. The summed E-state index contributed by atoms with van der Waals surface area (Å²) in [5, 5.41) is 12.9. The first-order valence-corrected chi connectivity index (χ1v) is 8.36. The standard InChI is InChI=1S/C16H19F3N4O4/c1-2-21-5-7-22(8-6-21)12(24)3-4-20-16(25)10-9-11(23(26)27)14(18)15(19)13(10)17/h9H,2-8H2,1H3,(H,20,25). The van der Waals surface area contributed by atoms with E-state index in [1.54, 1.807) is 4.90 Å². The summed E-state index contributed by atoms with van der Waals surface area (Å²) in [6.45, 7) is 5.36. The Balaban J connectivity index is 1.94. The second-order valence-electron chi connectivity index (χ2n) is 5.96. The van der Waals surface area contributed by atoms with Gasteiger partial charge in [0.2, 0.25) is 17.5 Å². The highest BCUT2D eigenvalue weighted by Crippen LogP contribution is 2.25. The molecule has 1 aromatic rings. The zero-order valence-electron chi connectivity index (χ0n) is 14.6. The highest BCUT2D eigenvalue weighted by molar-refractivity contribution is 5.95. The van der Waals surface area contributed by atoms with Crippen LogP contribution in [0.15, 0.2) is 6.07 Å². The van der Waals surface area contributed by atoms with Crippen LogP contribution in [-0.4, -0.2) is 65.8 Å². The Hall–Kier alpha value is -2.69. The number of benzene rings is 1. The van der Waals surface area contributed by atoms with E-state index in [1.165, 1.54) is 0 Å². The largest absolute Gasteiger partial charge is 0.351 e. The van der Waals surface area contributed by atoms with Crippen molar-refractivity contribution >= 4 is 17.5 Å². The van der Waals surface area contributed by atoms with Gasteiger partial charge in [0.1, 0.15) is 0 Å². The fraction of sp³-hybridized carbons (Fsp3) is 0.500. The number of halogens is 3. The molecule has 0 aromatic heterocycles. The predicted octanol–water partition coefficient (Wildman–Crippen LogP) is 1.30. The number of nitro benzene ring substituents is 1. The zero-order chi connectivity index (χ0) is 20.1. The van der Waals surface area contributed by atoms with Crippen LogP contribution in [0.1, 0.15) is 23.7 Å². The highest BCUT2D eigenvalue weighted by atomic mass is 19.2. The van der Waals surface area contributed by atoms with Crippen molar-refractivity contribution in [2.45, 2.75) is 13.3 Å². The van der Waals surface area contributed by atoms with Gasteiger partial charge in [-0.3, -0.25) is 19.7 Å². The van der Waals surface area contributed by atoms with Gasteiger partial charge in [0.05, 0.1) is 10.5 Å². The maximum Gasteiger partial charge on any atom is 0.308 e. The first-order chi connectivity index (χ1) is 12.8. The maximum absolute atomic E-state index is 13.7. The fourth-order valence-corrected chi connectivity index (χ4v) is 2.74. The second kappa shape index (κ2) is 8.80. The van der Waals surface area contributed by atoms with Crippen molar-refractivity contribution < 1.29 is 27.7 Å². The topological polar surface area (TPSA) is 95.8 Å². The van der Waals surface area contributed by atoms with Crippen LogP contribution in [0.2, 0.25) is 0 Å².